The number of rotatable bonds is 4. The molecule has 27 heavy (non-hydrogen) atoms. The lowest BCUT2D eigenvalue weighted by Gasteiger charge is -2.30. The van der Waals surface area contributed by atoms with Crippen molar-refractivity contribution in [2.75, 3.05) is 6.54 Å². The summed E-state index contributed by atoms with van der Waals surface area (Å²) in [6, 6.07) is 2.89. The van der Waals surface area contributed by atoms with E-state index in [1.807, 2.05) is 0 Å². The Labute approximate surface area is 156 Å². The molecule has 1 aliphatic carbocycles. The molecule has 1 atom stereocenters. The van der Waals surface area contributed by atoms with E-state index in [4.69, 9.17) is 4.42 Å². The number of carbonyl (C=O) groups excluding carboxylic acids is 4. The van der Waals surface area contributed by atoms with E-state index < -0.39 is 29.3 Å². The van der Waals surface area contributed by atoms with Crippen LogP contribution >= 0.6 is 0 Å². The maximum Gasteiger partial charge on any atom is 0.344 e. The van der Waals surface area contributed by atoms with Crippen LogP contribution in [0.25, 0.3) is 0 Å². The maximum absolute atomic E-state index is 12.7. The number of carbonyl (C=O) groups is 4. The molecule has 1 aromatic rings. The molecule has 0 radical (unpaired) electrons. The topological polar surface area (TPSA) is 112 Å². The van der Waals surface area contributed by atoms with Crippen molar-refractivity contribution in [3.8, 4) is 0 Å². The molecular formula is C18H22N4O5. The Kier molecular flexibility index (Phi) is 4.37. The first kappa shape index (κ1) is 17.6. The number of imide groups is 1. The van der Waals surface area contributed by atoms with Crippen LogP contribution in [0.2, 0.25) is 0 Å². The molecular weight excluding hydrogens is 352 g/mol. The SMILES string of the molecule is O=C(NN1C(=O)NC2(CCCCC2)C1=O)C1CC(=O)N(Cc2ccco2)C1. The van der Waals surface area contributed by atoms with Gasteiger partial charge in [0.25, 0.3) is 5.91 Å². The Hall–Kier alpha value is -2.84. The van der Waals surface area contributed by atoms with Gasteiger partial charge in [0.2, 0.25) is 11.8 Å². The standard InChI is InChI=1S/C18H22N4O5/c23-14-9-12(10-21(14)11-13-5-4-8-27-13)15(24)20-22-16(25)18(19-17(22)26)6-2-1-3-7-18/h4-5,8,12H,1-3,6-7,9-11H2,(H,19,26)(H,20,24). The van der Waals surface area contributed by atoms with Crippen molar-refractivity contribution < 1.29 is 23.6 Å². The number of likely N-dealkylation sites (tertiary alicyclic amines) is 1. The minimum atomic E-state index is -0.889. The van der Waals surface area contributed by atoms with E-state index in [-0.39, 0.29) is 18.9 Å². The van der Waals surface area contributed by atoms with Gasteiger partial charge in [-0.05, 0) is 25.0 Å². The highest BCUT2D eigenvalue weighted by atomic mass is 16.3. The summed E-state index contributed by atoms with van der Waals surface area (Å²) in [5, 5.41) is 3.53. The average Bonchev–Trinajstić information content (AvgIpc) is 3.34. The van der Waals surface area contributed by atoms with Gasteiger partial charge < -0.3 is 14.6 Å². The van der Waals surface area contributed by atoms with Crippen LogP contribution < -0.4 is 10.7 Å². The summed E-state index contributed by atoms with van der Waals surface area (Å²) in [6.45, 7) is 0.516. The van der Waals surface area contributed by atoms with E-state index in [1.165, 1.54) is 11.2 Å². The molecule has 9 heteroatoms. The van der Waals surface area contributed by atoms with Crippen LogP contribution in [0.4, 0.5) is 4.79 Å². The molecule has 1 saturated carbocycles. The summed E-state index contributed by atoms with van der Waals surface area (Å²) < 4.78 is 5.24. The smallest absolute Gasteiger partial charge is 0.344 e. The molecule has 1 aromatic heterocycles. The summed E-state index contributed by atoms with van der Waals surface area (Å²) in [5.41, 5.74) is 1.53. The van der Waals surface area contributed by atoms with Crippen LogP contribution in [0, 0.1) is 5.92 Å². The van der Waals surface area contributed by atoms with E-state index in [9.17, 15) is 19.2 Å². The van der Waals surface area contributed by atoms with E-state index in [0.29, 0.717) is 25.1 Å². The fourth-order valence-electron chi connectivity index (χ4n) is 4.11. The number of furan rings is 1. The molecule has 9 nitrogen and oxygen atoms in total. The number of hydrazine groups is 1. The molecule has 3 aliphatic rings. The quantitative estimate of drug-likeness (QED) is 0.761. The van der Waals surface area contributed by atoms with Crippen LogP contribution in [0.5, 0.6) is 0 Å². The van der Waals surface area contributed by atoms with Gasteiger partial charge >= 0.3 is 6.03 Å². The van der Waals surface area contributed by atoms with Gasteiger partial charge in [-0.2, -0.15) is 5.01 Å². The Morgan fingerprint density at radius 2 is 2.04 bits per heavy atom. The van der Waals surface area contributed by atoms with Crippen molar-refractivity contribution in [2.24, 2.45) is 5.92 Å². The number of nitrogens with zero attached hydrogens (tertiary/aromatic N) is 2. The maximum atomic E-state index is 12.7. The van der Waals surface area contributed by atoms with Crippen molar-refractivity contribution in [2.45, 2.75) is 50.6 Å². The molecule has 1 unspecified atom stereocenters. The van der Waals surface area contributed by atoms with Crippen LogP contribution in [0.3, 0.4) is 0 Å². The lowest BCUT2D eigenvalue weighted by molar-refractivity contribution is -0.141. The zero-order valence-electron chi connectivity index (χ0n) is 14.9. The average molecular weight is 374 g/mol. The van der Waals surface area contributed by atoms with Crippen molar-refractivity contribution in [1.82, 2.24) is 20.7 Å². The number of hydrogen-bond acceptors (Lipinski definition) is 5. The number of urea groups is 1. The minimum Gasteiger partial charge on any atom is -0.467 e. The van der Waals surface area contributed by atoms with Gasteiger partial charge in [-0.25, -0.2) is 4.79 Å². The highest BCUT2D eigenvalue weighted by Gasteiger charge is 2.52. The van der Waals surface area contributed by atoms with Gasteiger partial charge in [0.05, 0.1) is 18.7 Å². The molecule has 4 rings (SSSR count). The Balaban J connectivity index is 1.38. The summed E-state index contributed by atoms with van der Waals surface area (Å²) in [4.78, 5) is 51.2. The molecule has 1 spiro atoms. The first-order valence-electron chi connectivity index (χ1n) is 9.26. The lowest BCUT2D eigenvalue weighted by atomic mass is 9.82. The van der Waals surface area contributed by atoms with E-state index >= 15 is 0 Å². The zero-order valence-corrected chi connectivity index (χ0v) is 14.9. The molecule has 144 valence electrons. The zero-order chi connectivity index (χ0) is 19.0. The fraction of sp³-hybridized carbons (Fsp3) is 0.556. The first-order chi connectivity index (χ1) is 13.0. The molecule has 0 bridgehead atoms. The highest BCUT2D eigenvalue weighted by molar-refractivity contribution is 6.08. The second kappa shape index (κ2) is 6.71. The number of nitrogens with one attached hydrogen (secondary N) is 2. The van der Waals surface area contributed by atoms with Gasteiger partial charge in [0.1, 0.15) is 11.3 Å². The molecule has 2 saturated heterocycles. The van der Waals surface area contributed by atoms with Crippen molar-refractivity contribution in [1.29, 1.82) is 0 Å². The first-order valence-corrected chi connectivity index (χ1v) is 9.26. The summed E-state index contributed by atoms with van der Waals surface area (Å²) >= 11 is 0. The second-order valence-corrected chi connectivity index (χ2v) is 7.44. The normalized spacial score (nSPS) is 24.6. The van der Waals surface area contributed by atoms with Gasteiger partial charge in [-0.1, -0.05) is 19.3 Å². The van der Waals surface area contributed by atoms with Crippen molar-refractivity contribution in [3.05, 3.63) is 24.2 Å². The lowest BCUT2D eigenvalue weighted by Crippen LogP contribution is -2.52. The Morgan fingerprint density at radius 1 is 1.26 bits per heavy atom. The number of amides is 5. The van der Waals surface area contributed by atoms with E-state index in [2.05, 4.69) is 10.7 Å². The molecule has 3 heterocycles. The fourth-order valence-corrected chi connectivity index (χ4v) is 4.11. The second-order valence-electron chi connectivity index (χ2n) is 7.44. The molecule has 0 aromatic carbocycles. The van der Waals surface area contributed by atoms with Crippen molar-refractivity contribution in [3.63, 3.8) is 0 Å². The molecule has 3 fully saturated rings. The highest BCUT2D eigenvalue weighted by Crippen LogP contribution is 2.33. The van der Waals surface area contributed by atoms with E-state index in [0.717, 1.165) is 24.3 Å². The van der Waals surface area contributed by atoms with Gasteiger partial charge in [-0.15, -0.1) is 0 Å². The van der Waals surface area contributed by atoms with Crippen LogP contribution in [-0.4, -0.2) is 45.7 Å². The molecule has 2 aliphatic heterocycles. The van der Waals surface area contributed by atoms with E-state index in [1.54, 1.807) is 12.1 Å². The van der Waals surface area contributed by atoms with Gasteiger partial charge in [-0.3, -0.25) is 19.8 Å². The summed E-state index contributed by atoms with van der Waals surface area (Å²) in [5.74, 6) is -1.04. The molecule has 2 N–H and O–H groups in total. The van der Waals surface area contributed by atoms with Crippen LogP contribution in [0.15, 0.2) is 22.8 Å². The minimum absolute atomic E-state index is 0.0430. The van der Waals surface area contributed by atoms with Crippen molar-refractivity contribution >= 4 is 23.8 Å². The summed E-state index contributed by atoms with van der Waals surface area (Å²) in [7, 11) is 0. The molecule has 5 amide bonds. The monoisotopic (exact) mass is 374 g/mol. The van der Waals surface area contributed by atoms with Gasteiger partial charge in [0.15, 0.2) is 0 Å². The van der Waals surface area contributed by atoms with Crippen LogP contribution in [-0.2, 0) is 20.9 Å². The largest absolute Gasteiger partial charge is 0.467 e. The Morgan fingerprint density at radius 3 is 2.74 bits per heavy atom. The third kappa shape index (κ3) is 3.17. The third-order valence-electron chi connectivity index (χ3n) is 5.60. The predicted molar refractivity (Wildman–Crippen MR) is 91.6 cm³/mol. The van der Waals surface area contributed by atoms with Gasteiger partial charge in [0, 0.05) is 13.0 Å². The predicted octanol–water partition coefficient (Wildman–Crippen LogP) is 0.914. The Bertz CT molecular complexity index is 769. The summed E-state index contributed by atoms with van der Waals surface area (Å²) in [6.07, 6.45) is 5.51. The third-order valence-corrected chi connectivity index (χ3v) is 5.60. The van der Waals surface area contributed by atoms with Crippen LogP contribution in [0.1, 0.15) is 44.3 Å². The number of hydrogen-bond donors (Lipinski definition) is 2.